The van der Waals surface area contributed by atoms with Gasteiger partial charge in [-0.3, -0.25) is 4.79 Å². The monoisotopic (exact) mass is 239 g/mol. The number of amides is 1. The molecular weight excluding hydrogens is 218 g/mol. The minimum absolute atomic E-state index is 0.0660. The summed E-state index contributed by atoms with van der Waals surface area (Å²) < 4.78 is 5.34. The number of fused-ring (bicyclic) bond motifs is 1. The number of hydrogen-bond donors (Lipinski definition) is 0. The topological polar surface area (TPSA) is 46.6 Å². The van der Waals surface area contributed by atoms with E-state index in [1.807, 2.05) is 20.8 Å². The lowest BCUT2D eigenvalue weighted by Crippen LogP contribution is -2.35. The van der Waals surface area contributed by atoms with Crippen LogP contribution in [0.1, 0.15) is 40.0 Å². The van der Waals surface area contributed by atoms with Gasteiger partial charge in [-0.05, 0) is 39.5 Å². The molecular formula is C13H21NO3. The molecule has 1 heterocycles. The molecule has 1 amide bonds. The van der Waals surface area contributed by atoms with Crippen molar-refractivity contribution in [3.8, 4) is 0 Å². The van der Waals surface area contributed by atoms with Crippen LogP contribution in [0, 0.1) is 11.8 Å². The Hall–Kier alpha value is -1.06. The molecule has 2 fully saturated rings. The molecule has 0 aromatic rings. The molecule has 1 aliphatic heterocycles. The molecule has 4 heteroatoms. The molecule has 0 bridgehead atoms. The van der Waals surface area contributed by atoms with Crippen LogP contribution in [-0.4, -0.2) is 35.5 Å². The molecule has 1 saturated heterocycles. The number of ether oxygens (including phenoxy) is 1. The van der Waals surface area contributed by atoms with Gasteiger partial charge in [-0.25, -0.2) is 4.79 Å². The van der Waals surface area contributed by atoms with Crippen molar-refractivity contribution in [3.63, 3.8) is 0 Å². The number of Topliss-reactive ketones (excluding diaryl/α,β-unsaturated/α-hetero) is 1. The van der Waals surface area contributed by atoms with E-state index >= 15 is 0 Å². The van der Waals surface area contributed by atoms with Gasteiger partial charge < -0.3 is 9.64 Å². The Bertz CT molecular complexity index is 332. The largest absolute Gasteiger partial charge is 0.444 e. The number of carbonyl (C=O) groups excluding carboxylic acids is 2. The zero-order valence-corrected chi connectivity index (χ0v) is 10.9. The maximum atomic E-state index is 11.9. The number of nitrogens with zero attached hydrogens (tertiary/aromatic N) is 1. The third-order valence-electron chi connectivity index (χ3n) is 3.50. The predicted octanol–water partition coefficient (Wildman–Crippen LogP) is 2.22. The Kier molecular flexibility index (Phi) is 3.15. The Labute approximate surface area is 102 Å². The van der Waals surface area contributed by atoms with Crippen LogP contribution in [0.4, 0.5) is 4.79 Å². The SMILES string of the molecule is CC(C)(C)OC(=O)N1C[C@@H]2CCCC(=O)[C@H]2C1. The summed E-state index contributed by atoms with van der Waals surface area (Å²) in [5.41, 5.74) is -0.463. The summed E-state index contributed by atoms with van der Waals surface area (Å²) in [5, 5.41) is 0. The second-order valence-corrected chi connectivity index (χ2v) is 6.11. The Morgan fingerprint density at radius 2 is 2.06 bits per heavy atom. The fraction of sp³-hybridized carbons (Fsp3) is 0.846. The lowest BCUT2D eigenvalue weighted by atomic mass is 9.81. The van der Waals surface area contributed by atoms with E-state index in [1.165, 1.54) is 0 Å². The minimum Gasteiger partial charge on any atom is -0.444 e. The Morgan fingerprint density at radius 1 is 1.35 bits per heavy atom. The second kappa shape index (κ2) is 4.31. The van der Waals surface area contributed by atoms with Crippen LogP contribution in [0.15, 0.2) is 0 Å². The highest BCUT2D eigenvalue weighted by Crippen LogP contribution is 2.34. The van der Waals surface area contributed by atoms with Gasteiger partial charge >= 0.3 is 6.09 Å². The lowest BCUT2D eigenvalue weighted by molar-refractivity contribution is -0.125. The van der Waals surface area contributed by atoms with Crippen LogP contribution >= 0.6 is 0 Å². The van der Waals surface area contributed by atoms with E-state index in [4.69, 9.17) is 4.74 Å². The number of likely N-dealkylation sites (tertiary alicyclic amines) is 1. The molecule has 0 spiro atoms. The summed E-state index contributed by atoms with van der Waals surface area (Å²) in [6, 6.07) is 0. The van der Waals surface area contributed by atoms with E-state index < -0.39 is 5.60 Å². The van der Waals surface area contributed by atoms with Crippen molar-refractivity contribution < 1.29 is 14.3 Å². The number of carbonyl (C=O) groups is 2. The maximum Gasteiger partial charge on any atom is 0.410 e. The molecule has 0 radical (unpaired) electrons. The van der Waals surface area contributed by atoms with Gasteiger partial charge in [-0.15, -0.1) is 0 Å². The average molecular weight is 239 g/mol. The second-order valence-electron chi connectivity index (χ2n) is 6.11. The lowest BCUT2D eigenvalue weighted by Gasteiger charge is -2.24. The van der Waals surface area contributed by atoms with Crippen molar-refractivity contribution in [2.45, 2.75) is 45.6 Å². The highest BCUT2D eigenvalue weighted by atomic mass is 16.6. The first-order valence-corrected chi connectivity index (χ1v) is 6.37. The van der Waals surface area contributed by atoms with Gasteiger partial charge in [0.1, 0.15) is 11.4 Å². The van der Waals surface area contributed by atoms with Crippen LogP contribution in [0.5, 0.6) is 0 Å². The molecule has 0 unspecified atom stereocenters. The number of ketones is 1. The van der Waals surface area contributed by atoms with Crippen molar-refractivity contribution in [2.24, 2.45) is 11.8 Å². The minimum atomic E-state index is -0.463. The molecule has 4 nitrogen and oxygen atoms in total. The smallest absolute Gasteiger partial charge is 0.410 e. The van der Waals surface area contributed by atoms with Gasteiger partial charge in [-0.1, -0.05) is 0 Å². The quantitative estimate of drug-likeness (QED) is 0.651. The highest BCUT2D eigenvalue weighted by molar-refractivity contribution is 5.83. The normalized spacial score (nSPS) is 29.1. The Balaban J connectivity index is 1.97. The van der Waals surface area contributed by atoms with Crippen LogP contribution in [-0.2, 0) is 9.53 Å². The average Bonchev–Trinajstić information content (AvgIpc) is 2.60. The zero-order chi connectivity index (χ0) is 12.6. The standard InChI is InChI=1S/C13H21NO3/c1-13(2,3)17-12(16)14-7-9-5-4-6-11(15)10(9)8-14/h9-10H,4-8H2,1-3H3/t9-,10-/m0/s1. The van der Waals surface area contributed by atoms with Gasteiger partial charge in [0, 0.05) is 25.4 Å². The summed E-state index contributed by atoms with van der Waals surface area (Å²) in [5.74, 6) is 0.757. The molecule has 0 aromatic carbocycles. The van der Waals surface area contributed by atoms with Crippen LogP contribution in [0.2, 0.25) is 0 Å². The maximum absolute atomic E-state index is 11.9. The molecule has 17 heavy (non-hydrogen) atoms. The summed E-state index contributed by atoms with van der Waals surface area (Å²) in [6.07, 6.45) is 2.45. The summed E-state index contributed by atoms with van der Waals surface area (Å²) in [4.78, 5) is 25.4. The van der Waals surface area contributed by atoms with E-state index in [1.54, 1.807) is 4.90 Å². The molecule has 1 saturated carbocycles. The van der Waals surface area contributed by atoms with Gasteiger partial charge in [0.05, 0.1) is 0 Å². The highest BCUT2D eigenvalue weighted by Gasteiger charge is 2.42. The van der Waals surface area contributed by atoms with Crippen molar-refractivity contribution in [2.75, 3.05) is 13.1 Å². The van der Waals surface area contributed by atoms with E-state index in [-0.39, 0.29) is 12.0 Å². The van der Waals surface area contributed by atoms with Gasteiger partial charge in [0.2, 0.25) is 0 Å². The van der Waals surface area contributed by atoms with E-state index in [0.29, 0.717) is 31.2 Å². The van der Waals surface area contributed by atoms with Crippen molar-refractivity contribution in [1.29, 1.82) is 0 Å². The summed E-state index contributed by atoms with van der Waals surface area (Å²) in [7, 11) is 0. The van der Waals surface area contributed by atoms with Crippen molar-refractivity contribution >= 4 is 11.9 Å². The molecule has 2 aliphatic rings. The molecule has 96 valence electrons. The van der Waals surface area contributed by atoms with Crippen LogP contribution in [0.3, 0.4) is 0 Å². The fourth-order valence-electron chi connectivity index (χ4n) is 2.73. The van der Waals surface area contributed by atoms with Gasteiger partial charge in [-0.2, -0.15) is 0 Å². The number of hydrogen-bond acceptors (Lipinski definition) is 3. The molecule has 0 N–H and O–H groups in total. The van der Waals surface area contributed by atoms with E-state index in [0.717, 1.165) is 12.8 Å². The van der Waals surface area contributed by atoms with E-state index in [9.17, 15) is 9.59 Å². The van der Waals surface area contributed by atoms with Crippen LogP contribution in [0.25, 0.3) is 0 Å². The molecule has 2 atom stereocenters. The molecule has 1 aliphatic carbocycles. The van der Waals surface area contributed by atoms with Crippen LogP contribution < -0.4 is 0 Å². The molecule has 2 rings (SSSR count). The van der Waals surface area contributed by atoms with E-state index in [2.05, 4.69) is 0 Å². The predicted molar refractivity (Wildman–Crippen MR) is 63.6 cm³/mol. The molecule has 0 aromatic heterocycles. The first-order valence-electron chi connectivity index (χ1n) is 6.37. The van der Waals surface area contributed by atoms with Gasteiger partial charge in [0.15, 0.2) is 0 Å². The third kappa shape index (κ3) is 2.79. The zero-order valence-electron chi connectivity index (χ0n) is 10.9. The number of rotatable bonds is 0. The van der Waals surface area contributed by atoms with Crippen molar-refractivity contribution in [1.82, 2.24) is 4.90 Å². The Morgan fingerprint density at radius 3 is 2.65 bits per heavy atom. The fourth-order valence-corrected chi connectivity index (χ4v) is 2.73. The first-order chi connectivity index (χ1) is 7.87. The summed E-state index contributed by atoms with van der Waals surface area (Å²) >= 11 is 0. The summed E-state index contributed by atoms with van der Waals surface area (Å²) in [6.45, 7) is 6.82. The third-order valence-corrected chi connectivity index (χ3v) is 3.50. The van der Waals surface area contributed by atoms with Crippen molar-refractivity contribution in [3.05, 3.63) is 0 Å². The first kappa shape index (κ1) is 12.4. The van der Waals surface area contributed by atoms with Gasteiger partial charge in [0.25, 0.3) is 0 Å².